The van der Waals surface area contributed by atoms with Gasteiger partial charge in [-0.25, -0.2) is 4.98 Å². The maximum absolute atomic E-state index is 14.7. The van der Waals surface area contributed by atoms with E-state index < -0.39 is 70.7 Å². The summed E-state index contributed by atoms with van der Waals surface area (Å²) in [5.74, 6) is -5.62. The quantitative estimate of drug-likeness (QED) is 0.267. The van der Waals surface area contributed by atoms with Crippen molar-refractivity contribution in [1.82, 2.24) is 15.2 Å². The molecule has 4 heterocycles. The van der Waals surface area contributed by atoms with Crippen LogP contribution in [-0.4, -0.2) is 71.1 Å². The number of aliphatic hydroxyl groups excluding tert-OH is 1. The molecule has 3 fully saturated rings. The Labute approximate surface area is 296 Å². The molecule has 0 spiro atoms. The number of hydrogen-bond donors (Lipinski definition) is 3. The molecule has 2 aromatic carbocycles. The highest BCUT2D eigenvalue weighted by atomic mass is 19.4. The number of likely N-dealkylation sites (tertiary alicyclic amines) is 1. The second kappa shape index (κ2) is 15.0. The van der Waals surface area contributed by atoms with Gasteiger partial charge in [-0.05, 0) is 49.3 Å². The Bertz CT molecular complexity index is 1780. The highest BCUT2D eigenvalue weighted by molar-refractivity contribution is 6.13. The highest BCUT2D eigenvalue weighted by Crippen LogP contribution is 2.42. The third kappa shape index (κ3) is 7.78. The second-order valence-electron chi connectivity index (χ2n) is 13.2. The average molecular weight is 729 g/mol. The fourth-order valence-electron chi connectivity index (χ4n) is 7.14. The van der Waals surface area contributed by atoms with Gasteiger partial charge in [-0.2, -0.15) is 26.3 Å². The molecule has 3 saturated heterocycles. The van der Waals surface area contributed by atoms with Crippen LogP contribution >= 0.6 is 0 Å². The summed E-state index contributed by atoms with van der Waals surface area (Å²) in [7, 11) is 0. The van der Waals surface area contributed by atoms with Crippen LogP contribution in [0.25, 0.3) is 0 Å². The number of allylic oxidation sites excluding steroid dienone is 1. The molecule has 2 amide bonds. The van der Waals surface area contributed by atoms with Crippen molar-refractivity contribution in [3.8, 4) is 0 Å². The Morgan fingerprint density at radius 1 is 0.904 bits per heavy atom. The molecule has 276 valence electrons. The minimum atomic E-state index is -5.07. The van der Waals surface area contributed by atoms with Crippen molar-refractivity contribution in [1.29, 1.82) is 0 Å². The van der Waals surface area contributed by atoms with Gasteiger partial charge in [0.2, 0.25) is 0 Å². The summed E-state index contributed by atoms with van der Waals surface area (Å²) < 4.78 is 86.1. The summed E-state index contributed by atoms with van der Waals surface area (Å²) in [5, 5.41) is 13.0. The van der Waals surface area contributed by atoms with Gasteiger partial charge in [0, 0.05) is 49.6 Å². The highest BCUT2D eigenvalue weighted by Gasteiger charge is 2.54. The van der Waals surface area contributed by atoms with Crippen LogP contribution in [0, 0.1) is 11.8 Å². The monoisotopic (exact) mass is 728 g/mol. The fourth-order valence-corrected chi connectivity index (χ4v) is 7.14. The molecule has 6 rings (SSSR count). The molecule has 0 radical (unpaired) electrons. The number of hydrogen-bond acceptors (Lipinski definition) is 7. The number of amidine groups is 1. The molecule has 9 nitrogen and oxygen atoms in total. The Balaban J connectivity index is 1.34. The van der Waals surface area contributed by atoms with E-state index in [-0.39, 0.29) is 37.4 Å². The predicted octanol–water partition coefficient (Wildman–Crippen LogP) is 6.01. The minimum absolute atomic E-state index is 0.127. The molecular weight excluding hydrogens is 690 g/mol. The molecule has 3 aliphatic rings. The van der Waals surface area contributed by atoms with Crippen molar-refractivity contribution < 1.29 is 41.0 Å². The van der Waals surface area contributed by atoms with Gasteiger partial charge in [-0.1, -0.05) is 60.7 Å². The minimum Gasteiger partial charge on any atom is -0.401 e. The van der Waals surface area contributed by atoms with Crippen LogP contribution in [0.4, 0.5) is 32.2 Å². The summed E-state index contributed by atoms with van der Waals surface area (Å²) in [6, 6.07) is 17.9. The number of nitrogens with zero attached hydrogens (tertiary/aromatic N) is 4. The van der Waals surface area contributed by atoms with Crippen molar-refractivity contribution in [2.75, 3.05) is 31.1 Å². The summed E-state index contributed by atoms with van der Waals surface area (Å²) >= 11 is 0. The van der Waals surface area contributed by atoms with E-state index in [1.54, 1.807) is 65.6 Å². The lowest BCUT2D eigenvalue weighted by molar-refractivity contribution is -0.191. The molecule has 15 heteroatoms. The van der Waals surface area contributed by atoms with Gasteiger partial charge < -0.3 is 26.0 Å². The predicted molar refractivity (Wildman–Crippen MR) is 181 cm³/mol. The maximum atomic E-state index is 14.7. The Morgan fingerprint density at radius 2 is 1.48 bits per heavy atom. The first-order valence-electron chi connectivity index (χ1n) is 17.1. The number of nitrogens with one attached hydrogen (secondary N) is 1. The number of pyridine rings is 1. The fraction of sp³-hybridized carbons (Fsp3) is 0.405. The van der Waals surface area contributed by atoms with Crippen LogP contribution in [0.5, 0.6) is 0 Å². The van der Waals surface area contributed by atoms with E-state index in [0.717, 1.165) is 12.5 Å². The lowest BCUT2D eigenvalue weighted by Gasteiger charge is -2.38. The van der Waals surface area contributed by atoms with Crippen molar-refractivity contribution in [3.63, 3.8) is 0 Å². The number of carbonyl (C=O) groups is 2. The number of piperidine rings is 3. The molecule has 1 aromatic heterocycles. The Kier molecular flexibility index (Phi) is 10.6. The zero-order valence-corrected chi connectivity index (χ0v) is 28.0. The van der Waals surface area contributed by atoms with Crippen molar-refractivity contribution >= 4 is 23.5 Å². The lowest BCUT2D eigenvalue weighted by atomic mass is 9.81. The van der Waals surface area contributed by atoms with E-state index in [1.807, 2.05) is 0 Å². The standard InChI is InChI=1S/C37H38F6N6O3/c38-36(39,40)26-21-45-27(20-25(26)35(52)49-16-8-3-9-17-49)48-18-14-22(15-19-48)30(44)28-29(37(41,42)43)32(50)34(51)47-33(28)46-31(23-10-4-1-5-11-23)24-12-6-2-7-13-24/h1-2,4-7,10-13,20-22,29,31-32,50H,3,8-9,14-19,44H2,(H,46,47,51)/t29-,32-/m1/s1. The van der Waals surface area contributed by atoms with Gasteiger partial charge in [0.1, 0.15) is 29.7 Å². The first kappa shape index (κ1) is 36.9. The first-order chi connectivity index (χ1) is 24.7. The normalized spacial score (nSPS) is 22.5. The molecular formula is C37H38F6N6O3. The van der Waals surface area contributed by atoms with Crippen molar-refractivity contribution in [2.45, 2.75) is 56.6 Å². The third-order valence-corrected chi connectivity index (χ3v) is 9.87. The molecule has 3 aromatic rings. The van der Waals surface area contributed by atoms with E-state index in [2.05, 4.69) is 15.3 Å². The van der Waals surface area contributed by atoms with E-state index in [9.17, 15) is 41.0 Å². The third-order valence-electron chi connectivity index (χ3n) is 9.87. The number of nitrogens with two attached hydrogens (primary N) is 1. The summed E-state index contributed by atoms with van der Waals surface area (Å²) in [6.07, 6.45) is -9.13. The number of anilines is 1. The molecule has 0 saturated carbocycles. The number of carbonyl (C=O) groups excluding carboxylic acids is 2. The van der Waals surface area contributed by atoms with Crippen molar-refractivity contribution in [3.05, 3.63) is 106 Å². The van der Waals surface area contributed by atoms with Crippen LogP contribution in [-0.2, 0) is 11.0 Å². The Hall–Kier alpha value is -4.92. The van der Waals surface area contributed by atoms with Crippen molar-refractivity contribution in [2.24, 2.45) is 22.6 Å². The van der Waals surface area contributed by atoms with E-state index in [4.69, 9.17) is 5.73 Å². The first-order valence-corrected chi connectivity index (χ1v) is 17.1. The number of rotatable bonds is 6. The zero-order chi connectivity index (χ0) is 37.2. The second-order valence-corrected chi connectivity index (χ2v) is 13.2. The smallest absolute Gasteiger partial charge is 0.401 e. The van der Waals surface area contributed by atoms with Gasteiger partial charge in [-0.3, -0.25) is 14.6 Å². The number of aliphatic hydroxyl groups is 1. The number of halogens is 6. The topological polar surface area (TPSA) is 124 Å². The molecule has 0 bridgehead atoms. The molecule has 52 heavy (non-hydrogen) atoms. The Morgan fingerprint density at radius 3 is 2.02 bits per heavy atom. The van der Waals surface area contributed by atoms with Gasteiger partial charge in [0.05, 0.1) is 11.1 Å². The van der Waals surface area contributed by atoms with Crippen LogP contribution in [0.2, 0.25) is 0 Å². The molecule has 0 aliphatic carbocycles. The van der Waals surface area contributed by atoms with Crippen LogP contribution in [0.15, 0.2) is 89.2 Å². The van der Waals surface area contributed by atoms with Gasteiger partial charge in [0.15, 0.2) is 0 Å². The summed E-state index contributed by atoms with van der Waals surface area (Å²) in [6.45, 7) is 0.986. The van der Waals surface area contributed by atoms with E-state index in [0.29, 0.717) is 43.3 Å². The largest absolute Gasteiger partial charge is 0.418 e. The number of aromatic nitrogens is 1. The zero-order valence-electron chi connectivity index (χ0n) is 28.0. The number of alkyl halides is 6. The maximum Gasteiger partial charge on any atom is 0.418 e. The van der Waals surface area contributed by atoms with E-state index in [1.165, 1.54) is 4.90 Å². The molecule has 2 atom stereocenters. The van der Waals surface area contributed by atoms with Crippen LogP contribution < -0.4 is 16.0 Å². The lowest BCUT2D eigenvalue weighted by Crippen LogP contribution is -2.56. The SMILES string of the molecule is NC(=C1C(=NC(c2ccccc2)c2ccccc2)NC(=O)[C@H](O)[C@@H]1C(F)(F)F)C1CCN(c2cc(C(=O)N3CCCCC3)c(C(F)(F)F)cn2)CC1. The van der Waals surface area contributed by atoms with Crippen LogP contribution in [0.3, 0.4) is 0 Å². The molecule has 4 N–H and O–H groups in total. The number of amides is 2. The average Bonchev–Trinajstić information content (AvgIpc) is 3.14. The van der Waals surface area contributed by atoms with Gasteiger partial charge in [-0.15, -0.1) is 0 Å². The number of benzene rings is 2. The van der Waals surface area contributed by atoms with E-state index >= 15 is 0 Å². The van der Waals surface area contributed by atoms with Gasteiger partial charge >= 0.3 is 12.4 Å². The summed E-state index contributed by atoms with van der Waals surface area (Å²) in [5.41, 5.74) is 5.48. The summed E-state index contributed by atoms with van der Waals surface area (Å²) in [4.78, 5) is 37.8. The van der Waals surface area contributed by atoms with Crippen LogP contribution in [0.1, 0.15) is 65.2 Å². The molecule has 0 unspecified atom stereocenters. The van der Waals surface area contributed by atoms with Gasteiger partial charge in [0.25, 0.3) is 11.8 Å². The number of aliphatic imine (C=N–C) groups is 1. The molecule has 3 aliphatic heterocycles.